The van der Waals surface area contributed by atoms with Crippen molar-refractivity contribution in [2.75, 3.05) is 11.9 Å². The quantitative estimate of drug-likeness (QED) is 0.734. The number of nitrogens with one attached hydrogen (secondary N) is 2. The summed E-state index contributed by atoms with van der Waals surface area (Å²) in [5, 5.41) is 12.6. The second-order valence-electron chi connectivity index (χ2n) is 4.69. The van der Waals surface area contributed by atoms with Gasteiger partial charge < -0.3 is 15.4 Å². The van der Waals surface area contributed by atoms with Crippen molar-refractivity contribution in [1.29, 1.82) is 0 Å². The summed E-state index contributed by atoms with van der Waals surface area (Å²) in [6.07, 6.45) is 4.40. The molecule has 17 heavy (non-hydrogen) atoms. The average molecular weight is 237 g/mol. The highest BCUT2D eigenvalue weighted by Gasteiger charge is 2.24. The molecule has 5 heteroatoms. The fourth-order valence-electron chi connectivity index (χ4n) is 2.46. The van der Waals surface area contributed by atoms with Gasteiger partial charge in [-0.15, -0.1) is 0 Å². The largest absolute Gasteiger partial charge is 0.396 e. The molecule has 1 aromatic rings. The number of aromatic amines is 1. The Hall–Kier alpha value is -1.36. The van der Waals surface area contributed by atoms with E-state index in [-0.39, 0.29) is 24.1 Å². The number of hydrogen-bond donors (Lipinski definition) is 3. The van der Waals surface area contributed by atoms with Crippen molar-refractivity contribution >= 4 is 5.82 Å². The number of aliphatic hydroxyl groups is 1. The summed E-state index contributed by atoms with van der Waals surface area (Å²) in [6.45, 7) is 1.96. The minimum atomic E-state index is -0.142. The van der Waals surface area contributed by atoms with Crippen LogP contribution >= 0.6 is 0 Å². The van der Waals surface area contributed by atoms with Gasteiger partial charge in [-0.2, -0.15) is 0 Å². The lowest BCUT2D eigenvalue weighted by atomic mass is 9.85. The average Bonchev–Trinajstić information content (AvgIpc) is 2.28. The molecule has 1 aliphatic rings. The van der Waals surface area contributed by atoms with Crippen LogP contribution in [0.3, 0.4) is 0 Å². The van der Waals surface area contributed by atoms with Gasteiger partial charge in [-0.1, -0.05) is 12.8 Å². The number of H-pyrrole nitrogens is 1. The van der Waals surface area contributed by atoms with Crippen molar-refractivity contribution in [1.82, 2.24) is 9.97 Å². The van der Waals surface area contributed by atoms with Crippen molar-refractivity contribution in [2.24, 2.45) is 5.92 Å². The predicted molar refractivity (Wildman–Crippen MR) is 66.0 cm³/mol. The highest BCUT2D eigenvalue weighted by molar-refractivity contribution is 5.34. The Morgan fingerprint density at radius 1 is 1.53 bits per heavy atom. The highest BCUT2D eigenvalue weighted by Crippen LogP contribution is 2.26. The molecule has 2 rings (SSSR count). The number of aliphatic hydroxyl groups excluding tert-OH is 1. The molecule has 0 bridgehead atoms. The van der Waals surface area contributed by atoms with Gasteiger partial charge in [0.05, 0.1) is 0 Å². The third-order valence-corrected chi connectivity index (χ3v) is 3.34. The van der Waals surface area contributed by atoms with Crippen LogP contribution in [0.25, 0.3) is 0 Å². The summed E-state index contributed by atoms with van der Waals surface area (Å²) in [7, 11) is 0. The van der Waals surface area contributed by atoms with E-state index >= 15 is 0 Å². The molecular formula is C12H19N3O2. The third kappa shape index (κ3) is 3.06. The molecule has 3 N–H and O–H groups in total. The molecular weight excluding hydrogens is 218 g/mol. The summed E-state index contributed by atoms with van der Waals surface area (Å²) in [5.41, 5.74) is -0.142. The molecule has 1 heterocycles. The molecule has 0 spiro atoms. The van der Waals surface area contributed by atoms with Crippen LogP contribution < -0.4 is 10.9 Å². The van der Waals surface area contributed by atoms with Crippen LogP contribution in [-0.2, 0) is 0 Å². The number of anilines is 1. The summed E-state index contributed by atoms with van der Waals surface area (Å²) >= 11 is 0. The first-order valence-corrected chi connectivity index (χ1v) is 6.14. The van der Waals surface area contributed by atoms with Gasteiger partial charge >= 0.3 is 0 Å². The van der Waals surface area contributed by atoms with Gasteiger partial charge in [-0.05, 0) is 19.8 Å². The zero-order chi connectivity index (χ0) is 12.3. The second-order valence-corrected chi connectivity index (χ2v) is 4.69. The summed E-state index contributed by atoms with van der Waals surface area (Å²) in [6, 6.07) is 1.69. The van der Waals surface area contributed by atoms with Crippen molar-refractivity contribution in [3.63, 3.8) is 0 Å². The van der Waals surface area contributed by atoms with E-state index in [0.717, 1.165) is 19.3 Å². The van der Waals surface area contributed by atoms with Crippen molar-refractivity contribution in [3.8, 4) is 0 Å². The molecule has 94 valence electrons. The fraction of sp³-hybridized carbons (Fsp3) is 0.667. The maximum atomic E-state index is 11.3. The Morgan fingerprint density at radius 3 is 3.00 bits per heavy atom. The molecule has 1 aliphatic carbocycles. The molecule has 0 aromatic carbocycles. The molecule has 0 radical (unpaired) electrons. The monoisotopic (exact) mass is 237 g/mol. The van der Waals surface area contributed by atoms with Crippen LogP contribution in [0, 0.1) is 12.8 Å². The van der Waals surface area contributed by atoms with Gasteiger partial charge in [-0.3, -0.25) is 4.79 Å². The molecule has 1 fully saturated rings. The van der Waals surface area contributed by atoms with Crippen LogP contribution in [0.15, 0.2) is 10.9 Å². The molecule has 2 atom stereocenters. The van der Waals surface area contributed by atoms with E-state index in [0.29, 0.717) is 11.6 Å². The first kappa shape index (κ1) is 12.1. The van der Waals surface area contributed by atoms with Crippen LogP contribution in [-0.4, -0.2) is 27.7 Å². The van der Waals surface area contributed by atoms with Gasteiger partial charge in [0.25, 0.3) is 5.56 Å². The fourth-order valence-corrected chi connectivity index (χ4v) is 2.46. The first-order chi connectivity index (χ1) is 8.19. The van der Waals surface area contributed by atoms with Crippen LogP contribution in [0.1, 0.15) is 31.5 Å². The minimum Gasteiger partial charge on any atom is -0.396 e. The van der Waals surface area contributed by atoms with Gasteiger partial charge in [0.2, 0.25) is 0 Å². The summed E-state index contributed by atoms with van der Waals surface area (Å²) in [4.78, 5) is 18.2. The van der Waals surface area contributed by atoms with Gasteiger partial charge in [0.15, 0.2) is 0 Å². The van der Waals surface area contributed by atoms with E-state index < -0.39 is 0 Å². The van der Waals surface area contributed by atoms with Crippen LogP contribution in [0.4, 0.5) is 5.82 Å². The normalized spacial score (nSPS) is 24.6. The SMILES string of the molecule is Cc1nc(NC2CCCCC2CO)cc(=O)[nH]1. The molecule has 0 saturated heterocycles. The van der Waals surface area contributed by atoms with E-state index in [1.165, 1.54) is 12.5 Å². The molecule has 2 unspecified atom stereocenters. The molecule has 0 amide bonds. The van der Waals surface area contributed by atoms with Gasteiger partial charge in [0, 0.05) is 24.6 Å². The number of hydrogen-bond acceptors (Lipinski definition) is 4. The van der Waals surface area contributed by atoms with Crippen molar-refractivity contribution in [3.05, 3.63) is 22.2 Å². The second kappa shape index (κ2) is 5.31. The molecule has 1 aromatic heterocycles. The predicted octanol–water partition coefficient (Wildman–Crippen LogP) is 1.04. The van der Waals surface area contributed by atoms with Gasteiger partial charge in [-0.25, -0.2) is 4.98 Å². The highest BCUT2D eigenvalue weighted by atomic mass is 16.3. The number of rotatable bonds is 3. The number of aromatic nitrogens is 2. The maximum Gasteiger partial charge on any atom is 0.252 e. The lowest BCUT2D eigenvalue weighted by Crippen LogP contribution is -2.35. The maximum absolute atomic E-state index is 11.3. The lowest BCUT2D eigenvalue weighted by molar-refractivity contribution is 0.178. The third-order valence-electron chi connectivity index (χ3n) is 3.34. The van der Waals surface area contributed by atoms with E-state index in [2.05, 4.69) is 15.3 Å². The Labute approximate surface area is 100 Å². The molecule has 5 nitrogen and oxygen atoms in total. The Balaban J connectivity index is 2.10. The van der Waals surface area contributed by atoms with E-state index in [9.17, 15) is 9.90 Å². The Kier molecular flexibility index (Phi) is 3.78. The van der Waals surface area contributed by atoms with E-state index in [1.54, 1.807) is 6.92 Å². The zero-order valence-corrected chi connectivity index (χ0v) is 10.1. The Bertz CT molecular complexity index is 430. The Morgan fingerprint density at radius 2 is 2.29 bits per heavy atom. The smallest absolute Gasteiger partial charge is 0.252 e. The summed E-state index contributed by atoms with van der Waals surface area (Å²) < 4.78 is 0. The van der Waals surface area contributed by atoms with Crippen molar-refractivity contribution < 1.29 is 5.11 Å². The molecule has 1 saturated carbocycles. The number of aryl methyl sites for hydroxylation is 1. The summed E-state index contributed by atoms with van der Waals surface area (Å²) in [5.74, 6) is 1.48. The first-order valence-electron chi connectivity index (χ1n) is 6.14. The van der Waals surface area contributed by atoms with Crippen LogP contribution in [0.2, 0.25) is 0 Å². The standard InChI is InChI=1S/C12H19N3O2/c1-8-13-11(6-12(17)14-8)15-10-5-3-2-4-9(10)7-16/h6,9-10,16H,2-5,7H2,1H3,(H2,13,14,15,17). The lowest BCUT2D eigenvalue weighted by Gasteiger charge is -2.31. The van der Waals surface area contributed by atoms with Crippen molar-refractivity contribution in [2.45, 2.75) is 38.6 Å². The van der Waals surface area contributed by atoms with E-state index in [4.69, 9.17) is 0 Å². The van der Waals surface area contributed by atoms with Gasteiger partial charge in [0.1, 0.15) is 11.6 Å². The molecule has 0 aliphatic heterocycles. The van der Waals surface area contributed by atoms with E-state index in [1.807, 2.05) is 0 Å². The zero-order valence-electron chi connectivity index (χ0n) is 10.1. The minimum absolute atomic E-state index is 0.142. The van der Waals surface area contributed by atoms with Crippen LogP contribution in [0.5, 0.6) is 0 Å². The topological polar surface area (TPSA) is 78.0 Å². The number of nitrogens with zero attached hydrogens (tertiary/aromatic N) is 1.